The third-order valence-electron chi connectivity index (χ3n) is 4.45. The number of hydrogen-bond donors (Lipinski definition) is 1. The Labute approximate surface area is 176 Å². The van der Waals surface area contributed by atoms with Crippen molar-refractivity contribution < 1.29 is 27.5 Å². The molecule has 0 aliphatic heterocycles. The predicted octanol–water partition coefficient (Wildman–Crippen LogP) is 4.04. The summed E-state index contributed by atoms with van der Waals surface area (Å²) in [5.74, 6) is -1.68. The van der Waals surface area contributed by atoms with Crippen molar-refractivity contribution in [2.45, 2.75) is 19.5 Å². The first-order valence-electron chi connectivity index (χ1n) is 9.56. The minimum atomic E-state index is -4.89. The fourth-order valence-electron chi connectivity index (χ4n) is 3.07. The van der Waals surface area contributed by atoms with Crippen molar-refractivity contribution in [3.05, 3.63) is 83.2 Å². The highest BCUT2D eigenvalue weighted by Gasteiger charge is 2.41. The first-order chi connectivity index (χ1) is 14.8. The van der Waals surface area contributed by atoms with Crippen molar-refractivity contribution in [3.63, 3.8) is 0 Å². The number of rotatable bonds is 7. The zero-order chi connectivity index (χ0) is 22.4. The van der Waals surface area contributed by atoms with Gasteiger partial charge in [0.1, 0.15) is 5.56 Å². The van der Waals surface area contributed by atoms with Crippen LogP contribution in [0.4, 0.5) is 13.2 Å². The Bertz CT molecular complexity index is 1060. The average molecular weight is 431 g/mol. The molecule has 3 rings (SSSR count). The summed E-state index contributed by atoms with van der Waals surface area (Å²) in [6.45, 7) is 1.71. The fourth-order valence-corrected chi connectivity index (χ4v) is 3.07. The predicted molar refractivity (Wildman–Crippen MR) is 107 cm³/mol. The lowest BCUT2D eigenvalue weighted by atomic mass is 10.1. The number of carbonyl (C=O) groups is 2. The van der Waals surface area contributed by atoms with Gasteiger partial charge in [0.15, 0.2) is 5.69 Å². The van der Waals surface area contributed by atoms with Crippen LogP contribution < -0.4 is 5.32 Å². The first kappa shape index (κ1) is 22.1. The third kappa shape index (κ3) is 5.11. The van der Waals surface area contributed by atoms with E-state index >= 15 is 0 Å². The first-order valence-corrected chi connectivity index (χ1v) is 9.56. The van der Waals surface area contributed by atoms with Crippen molar-refractivity contribution in [1.29, 1.82) is 0 Å². The number of ether oxygens (including phenoxy) is 1. The van der Waals surface area contributed by atoms with Gasteiger partial charge >= 0.3 is 12.1 Å². The van der Waals surface area contributed by atoms with E-state index in [1.54, 1.807) is 6.07 Å². The van der Waals surface area contributed by atoms with Crippen LogP contribution in [0.2, 0.25) is 0 Å². The van der Waals surface area contributed by atoms with Crippen molar-refractivity contribution in [2.75, 3.05) is 13.2 Å². The zero-order valence-corrected chi connectivity index (χ0v) is 16.6. The Morgan fingerprint density at radius 2 is 1.71 bits per heavy atom. The van der Waals surface area contributed by atoms with E-state index in [4.69, 9.17) is 4.74 Å². The zero-order valence-electron chi connectivity index (χ0n) is 16.6. The summed E-state index contributed by atoms with van der Waals surface area (Å²) in [7, 11) is 0. The van der Waals surface area contributed by atoms with Crippen molar-refractivity contribution in [1.82, 2.24) is 15.1 Å². The largest absolute Gasteiger partial charge is 0.462 e. The number of aromatic nitrogens is 2. The van der Waals surface area contributed by atoms with Gasteiger partial charge in [-0.15, -0.1) is 0 Å². The van der Waals surface area contributed by atoms with Crippen LogP contribution in [0.3, 0.4) is 0 Å². The van der Waals surface area contributed by atoms with Gasteiger partial charge in [-0.05, 0) is 31.0 Å². The number of benzene rings is 2. The number of halogens is 3. The van der Waals surface area contributed by atoms with Gasteiger partial charge in [-0.3, -0.25) is 4.79 Å². The van der Waals surface area contributed by atoms with Gasteiger partial charge < -0.3 is 10.1 Å². The molecule has 2 aromatic carbocycles. The van der Waals surface area contributed by atoms with Crippen molar-refractivity contribution in [3.8, 4) is 5.69 Å². The topological polar surface area (TPSA) is 73.2 Å². The van der Waals surface area contributed by atoms with E-state index in [0.717, 1.165) is 11.8 Å². The Balaban J connectivity index is 1.91. The van der Waals surface area contributed by atoms with E-state index in [1.165, 1.54) is 25.1 Å². The highest BCUT2D eigenvalue weighted by atomic mass is 19.4. The molecule has 0 saturated carbocycles. The average Bonchev–Trinajstić information content (AvgIpc) is 3.20. The molecule has 1 aromatic heterocycles. The number of alkyl halides is 3. The second kappa shape index (κ2) is 9.46. The van der Waals surface area contributed by atoms with Crippen LogP contribution in [0.25, 0.3) is 5.69 Å². The second-order valence-electron chi connectivity index (χ2n) is 6.55. The SMILES string of the molecule is CCOC(=O)c1cnn(-c2ccccc2C(=O)NCCc2ccccc2)c1C(F)(F)F. The maximum absolute atomic E-state index is 13.8. The van der Waals surface area contributed by atoms with Crippen LogP contribution in [0.15, 0.2) is 60.8 Å². The summed E-state index contributed by atoms with van der Waals surface area (Å²) in [5.41, 5.74) is -1.09. The van der Waals surface area contributed by atoms with Gasteiger partial charge in [0.05, 0.1) is 24.1 Å². The van der Waals surface area contributed by atoms with Gasteiger partial charge in [0.2, 0.25) is 0 Å². The van der Waals surface area contributed by atoms with Gasteiger partial charge in [0.25, 0.3) is 5.91 Å². The summed E-state index contributed by atoms with van der Waals surface area (Å²) in [6.07, 6.45) is -3.53. The van der Waals surface area contributed by atoms with E-state index in [0.29, 0.717) is 17.6 Å². The molecule has 0 aliphatic carbocycles. The number of carbonyl (C=O) groups excluding carboxylic acids is 2. The molecular formula is C22H20F3N3O3. The van der Waals surface area contributed by atoms with Gasteiger partial charge in [-0.2, -0.15) is 18.3 Å². The molecule has 1 heterocycles. The summed E-state index contributed by atoms with van der Waals surface area (Å²) in [4.78, 5) is 24.7. The monoisotopic (exact) mass is 431 g/mol. The number of nitrogens with zero attached hydrogens (tertiary/aromatic N) is 2. The number of hydrogen-bond acceptors (Lipinski definition) is 4. The molecule has 0 spiro atoms. The molecule has 3 aromatic rings. The van der Waals surface area contributed by atoms with Crippen LogP contribution in [-0.4, -0.2) is 34.8 Å². The normalized spacial score (nSPS) is 11.2. The van der Waals surface area contributed by atoms with Crippen LogP contribution in [0.1, 0.15) is 38.9 Å². The molecule has 1 N–H and O–H groups in total. The number of amides is 1. The molecule has 6 nitrogen and oxygen atoms in total. The number of nitrogens with one attached hydrogen (secondary N) is 1. The molecule has 0 aliphatic rings. The quantitative estimate of drug-likeness (QED) is 0.573. The summed E-state index contributed by atoms with van der Waals surface area (Å²) < 4.78 is 46.6. The molecule has 162 valence electrons. The summed E-state index contributed by atoms with van der Waals surface area (Å²) in [5, 5.41) is 6.46. The van der Waals surface area contributed by atoms with Gasteiger partial charge in [-0.25, -0.2) is 9.48 Å². The van der Waals surface area contributed by atoms with E-state index < -0.39 is 29.3 Å². The highest BCUT2D eigenvalue weighted by Crippen LogP contribution is 2.34. The Hall–Kier alpha value is -3.62. The number of esters is 1. The molecule has 0 unspecified atom stereocenters. The maximum Gasteiger partial charge on any atom is 0.434 e. The van der Waals surface area contributed by atoms with E-state index in [1.807, 2.05) is 30.3 Å². The standard InChI is InChI=1S/C22H20F3N3O3/c1-2-31-21(30)17-14-27-28(19(17)22(23,24)25)18-11-7-6-10-16(18)20(29)26-13-12-15-8-4-3-5-9-15/h3-11,14H,2,12-13H2,1H3,(H,26,29). The molecule has 1 amide bonds. The summed E-state index contributed by atoms with van der Waals surface area (Å²) >= 11 is 0. The second-order valence-corrected chi connectivity index (χ2v) is 6.55. The molecule has 31 heavy (non-hydrogen) atoms. The van der Waals surface area contributed by atoms with Crippen LogP contribution >= 0.6 is 0 Å². The molecule has 0 fully saturated rings. The van der Waals surface area contributed by atoms with Crippen LogP contribution in [-0.2, 0) is 17.3 Å². The smallest absolute Gasteiger partial charge is 0.434 e. The molecule has 0 radical (unpaired) electrons. The van der Waals surface area contributed by atoms with Crippen LogP contribution in [0.5, 0.6) is 0 Å². The van der Waals surface area contributed by atoms with Crippen LogP contribution in [0, 0.1) is 0 Å². The fraction of sp³-hybridized carbons (Fsp3) is 0.227. The molecule has 9 heteroatoms. The summed E-state index contributed by atoms with van der Waals surface area (Å²) in [6, 6.07) is 15.2. The number of para-hydroxylation sites is 1. The lowest BCUT2D eigenvalue weighted by Crippen LogP contribution is -2.27. The van der Waals surface area contributed by atoms with E-state index in [-0.39, 0.29) is 17.9 Å². The minimum absolute atomic E-state index is 0.000398. The van der Waals surface area contributed by atoms with Crippen molar-refractivity contribution in [2.24, 2.45) is 0 Å². The van der Waals surface area contributed by atoms with Gasteiger partial charge in [0, 0.05) is 6.54 Å². The highest BCUT2D eigenvalue weighted by molar-refractivity contribution is 5.98. The molecule has 0 atom stereocenters. The van der Waals surface area contributed by atoms with E-state index in [9.17, 15) is 22.8 Å². The lowest BCUT2D eigenvalue weighted by Gasteiger charge is -2.15. The molecular weight excluding hydrogens is 411 g/mol. The third-order valence-corrected chi connectivity index (χ3v) is 4.45. The Kier molecular flexibility index (Phi) is 6.74. The molecule has 0 bridgehead atoms. The van der Waals surface area contributed by atoms with Gasteiger partial charge in [-0.1, -0.05) is 42.5 Å². The lowest BCUT2D eigenvalue weighted by molar-refractivity contribution is -0.143. The Morgan fingerprint density at radius 1 is 1.03 bits per heavy atom. The Morgan fingerprint density at radius 3 is 2.39 bits per heavy atom. The molecule has 0 saturated heterocycles. The maximum atomic E-state index is 13.8. The van der Waals surface area contributed by atoms with E-state index in [2.05, 4.69) is 10.4 Å². The van der Waals surface area contributed by atoms with Crippen molar-refractivity contribution >= 4 is 11.9 Å². The minimum Gasteiger partial charge on any atom is -0.462 e.